The molecule has 0 atom stereocenters. The third-order valence-electron chi connectivity index (χ3n) is 3.87. The molecule has 116 valence electrons. The average Bonchev–Trinajstić information content (AvgIpc) is 3.32. The summed E-state index contributed by atoms with van der Waals surface area (Å²) in [6, 6.07) is 18.7. The Bertz CT molecular complexity index is 944. The van der Waals surface area contributed by atoms with E-state index in [2.05, 4.69) is 0 Å². The maximum Gasteiger partial charge on any atom is 0.203 e. The number of rotatable bonds is 4. The maximum atomic E-state index is 12.9. The molecular weight excluding hydrogens is 336 g/mol. The molecule has 0 radical (unpaired) electrons. The Hall–Kier alpha value is -2.56. The maximum absolute atomic E-state index is 12.9. The van der Waals surface area contributed by atoms with E-state index in [4.69, 9.17) is 0 Å². The molecule has 0 spiro atoms. The highest BCUT2D eigenvalue weighted by molar-refractivity contribution is 7.12. The van der Waals surface area contributed by atoms with E-state index in [1.165, 1.54) is 22.7 Å². The molecular formula is C20H12O2S2. The number of carbonyl (C=O) groups is 2. The van der Waals surface area contributed by atoms with Crippen molar-refractivity contribution in [2.75, 3.05) is 0 Å². The van der Waals surface area contributed by atoms with Crippen molar-refractivity contribution in [1.82, 2.24) is 0 Å². The minimum Gasteiger partial charge on any atom is -0.288 e. The van der Waals surface area contributed by atoms with Crippen LogP contribution in [0.2, 0.25) is 0 Å². The van der Waals surface area contributed by atoms with E-state index in [0.29, 0.717) is 20.9 Å². The van der Waals surface area contributed by atoms with Gasteiger partial charge in [-0.15, -0.1) is 22.7 Å². The van der Waals surface area contributed by atoms with Gasteiger partial charge in [0.2, 0.25) is 11.6 Å². The predicted octanol–water partition coefficient (Wildman–Crippen LogP) is 5.42. The summed E-state index contributed by atoms with van der Waals surface area (Å²) in [5.74, 6) is -0.202. The second-order valence-corrected chi connectivity index (χ2v) is 7.25. The molecule has 4 heteroatoms. The lowest BCUT2D eigenvalue weighted by Gasteiger charge is -2.09. The summed E-state index contributed by atoms with van der Waals surface area (Å²) in [4.78, 5) is 27.1. The molecule has 2 nitrogen and oxygen atoms in total. The summed E-state index contributed by atoms with van der Waals surface area (Å²) < 4.78 is 0. The molecule has 4 rings (SSSR count). The van der Waals surface area contributed by atoms with Gasteiger partial charge in [0.15, 0.2) is 0 Å². The highest BCUT2D eigenvalue weighted by Crippen LogP contribution is 2.27. The van der Waals surface area contributed by atoms with E-state index >= 15 is 0 Å². The Kier molecular flexibility index (Phi) is 3.84. The van der Waals surface area contributed by atoms with E-state index in [1.807, 2.05) is 59.3 Å². The number of benzene rings is 2. The van der Waals surface area contributed by atoms with Gasteiger partial charge in [-0.1, -0.05) is 36.4 Å². The van der Waals surface area contributed by atoms with Gasteiger partial charge in [-0.2, -0.15) is 0 Å². The summed E-state index contributed by atoms with van der Waals surface area (Å²) in [5.41, 5.74) is 0.934. The lowest BCUT2D eigenvalue weighted by atomic mass is 9.94. The zero-order valence-electron chi connectivity index (χ0n) is 12.6. The Morgan fingerprint density at radius 1 is 0.625 bits per heavy atom. The smallest absolute Gasteiger partial charge is 0.203 e. The lowest BCUT2D eigenvalue weighted by molar-refractivity contribution is 0.101. The van der Waals surface area contributed by atoms with Crippen LogP contribution in [0.25, 0.3) is 10.8 Å². The molecule has 24 heavy (non-hydrogen) atoms. The van der Waals surface area contributed by atoms with Crippen LogP contribution in [-0.2, 0) is 0 Å². The van der Waals surface area contributed by atoms with Crippen LogP contribution < -0.4 is 0 Å². The molecule has 0 amide bonds. The summed E-state index contributed by atoms with van der Waals surface area (Å²) in [5, 5.41) is 5.66. The zero-order chi connectivity index (χ0) is 16.5. The van der Waals surface area contributed by atoms with E-state index in [-0.39, 0.29) is 11.6 Å². The first-order valence-corrected chi connectivity index (χ1v) is 9.19. The van der Waals surface area contributed by atoms with Gasteiger partial charge < -0.3 is 0 Å². The van der Waals surface area contributed by atoms with Gasteiger partial charge >= 0.3 is 0 Å². The molecule has 0 saturated carbocycles. The zero-order valence-corrected chi connectivity index (χ0v) is 14.2. The van der Waals surface area contributed by atoms with Crippen LogP contribution >= 0.6 is 22.7 Å². The quantitative estimate of drug-likeness (QED) is 0.461. The minimum absolute atomic E-state index is 0.101. The number of hydrogen-bond acceptors (Lipinski definition) is 4. The van der Waals surface area contributed by atoms with Crippen molar-refractivity contribution in [1.29, 1.82) is 0 Å². The highest BCUT2D eigenvalue weighted by atomic mass is 32.1. The van der Waals surface area contributed by atoms with Crippen LogP contribution in [0.4, 0.5) is 0 Å². The highest BCUT2D eigenvalue weighted by Gasteiger charge is 2.21. The third-order valence-corrected chi connectivity index (χ3v) is 5.60. The molecule has 0 unspecified atom stereocenters. The predicted molar refractivity (Wildman–Crippen MR) is 99.5 cm³/mol. The van der Waals surface area contributed by atoms with Crippen LogP contribution in [0.5, 0.6) is 0 Å². The van der Waals surface area contributed by atoms with Crippen molar-refractivity contribution in [2.24, 2.45) is 0 Å². The number of carbonyl (C=O) groups excluding carboxylic acids is 2. The molecule has 0 aliphatic heterocycles. The van der Waals surface area contributed by atoms with E-state index in [9.17, 15) is 9.59 Å². The van der Waals surface area contributed by atoms with Crippen molar-refractivity contribution < 1.29 is 9.59 Å². The summed E-state index contributed by atoms with van der Waals surface area (Å²) in [6.45, 7) is 0. The first-order valence-electron chi connectivity index (χ1n) is 7.43. The number of fused-ring (bicyclic) bond motifs is 1. The fraction of sp³-hybridized carbons (Fsp3) is 0. The summed E-state index contributed by atoms with van der Waals surface area (Å²) in [7, 11) is 0. The second kappa shape index (κ2) is 6.15. The van der Waals surface area contributed by atoms with Gasteiger partial charge in [0.05, 0.1) is 9.75 Å². The normalized spacial score (nSPS) is 10.8. The van der Waals surface area contributed by atoms with E-state index in [0.717, 1.165) is 10.8 Å². The first kappa shape index (κ1) is 15.0. The number of ketones is 2. The van der Waals surface area contributed by atoms with E-state index in [1.54, 1.807) is 12.1 Å². The molecule has 2 aromatic heterocycles. The topological polar surface area (TPSA) is 34.1 Å². The number of hydrogen-bond donors (Lipinski definition) is 0. The average molecular weight is 348 g/mol. The van der Waals surface area contributed by atoms with Gasteiger partial charge in [-0.05, 0) is 45.8 Å². The van der Waals surface area contributed by atoms with Gasteiger partial charge in [-0.25, -0.2) is 0 Å². The second-order valence-electron chi connectivity index (χ2n) is 5.36. The fourth-order valence-corrected chi connectivity index (χ4v) is 4.05. The van der Waals surface area contributed by atoms with Gasteiger partial charge in [0.1, 0.15) is 0 Å². The molecule has 0 bridgehead atoms. The van der Waals surface area contributed by atoms with Gasteiger partial charge in [0.25, 0.3) is 0 Å². The minimum atomic E-state index is -0.101. The molecule has 2 heterocycles. The van der Waals surface area contributed by atoms with Crippen molar-refractivity contribution in [3.8, 4) is 0 Å². The third kappa shape index (κ3) is 2.60. The molecule has 0 aliphatic rings. The monoisotopic (exact) mass is 348 g/mol. The van der Waals surface area contributed by atoms with Crippen LogP contribution in [0.1, 0.15) is 30.5 Å². The largest absolute Gasteiger partial charge is 0.288 e. The Morgan fingerprint density at radius 2 is 1.08 bits per heavy atom. The lowest BCUT2D eigenvalue weighted by Crippen LogP contribution is -2.09. The SMILES string of the molecule is O=C(c1cccs1)c1cc2ccccc2cc1C(=O)c1cccs1. The number of thiophene rings is 2. The van der Waals surface area contributed by atoms with Crippen LogP contribution in [-0.4, -0.2) is 11.6 Å². The molecule has 0 fully saturated rings. The molecule has 0 aliphatic carbocycles. The van der Waals surface area contributed by atoms with Gasteiger partial charge in [-0.3, -0.25) is 9.59 Å². The van der Waals surface area contributed by atoms with Crippen LogP contribution in [0, 0.1) is 0 Å². The van der Waals surface area contributed by atoms with Crippen LogP contribution in [0.3, 0.4) is 0 Å². The Labute approximate surface area is 147 Å². The molecule has 0 saturated heterocycles. The van der Waals surface area contributed by atoms with Crippen molar-refractivity contribution in [2.45, 2.75) is 0 Å². The van der Waals surface area contributed by atoms with Crippen molar-refractivity contribution in [3.05, 3.63) is 92.3 Å². The van der Waals surface area contributed by atoms with Crippen molar-refractivity contribution >= 4 is 45.0 Å². The Balaban J connectivity index is 1.94. The summed E-state index contributed by atoms with van der Waals surface area (Å²) in [6.07, 6.45) is 0. The van der Waals surface area contributed by atoms with Crippen LogP contribution in [0.15, 0.2) is 71.4 Å². The first-order chi connectivity index (χ1) is 11.7. The summed E-state index contributed by atoms with van der Waals surface area (Å²) >= 11 is 2.78. The molecule has 2 aromatic carbocycles. The standard InChI is InChI=1S/C20H12O2S2/c21-19(17-7-3-9-23-17)15-11-13-5-1-2-6-14(13)12-16(15)20(22)18-8-4-10-24-18/h1-12H. The van der Waals surface area contributed by atoms with E-state index < -0.39 is 0 Å². The molecule has 4 aromatic rings. The Morgan fingerprint density at radius 3 is 1.46 bits per heavy atom. The fourth-order valence-electron chi connectivity index (χ4n) is 2.70. The van der Waals surface area contributed by atoms with Gasteiger partial charge in [0, 0.05) is 11.1 Å². The molecule has 0 N–H and O–H groups in total. The van der Waals surface area contributed by atoms with Crippen molar-refractivity contribution in [3.63, 3.8) is 0 Å².